The molecule has 2 heterocycles. The van der Waals surface area contributed by atoms with Crippen LogP contribution in [-0.2, 0) is 0 Å². The number of nitrogens with zero attached hydrogens (tertiary/aromatic N) is 3. The van der Waals surface area contributed by atoms with E-state index in [2.05, 4.69) is 15.0 Å². The summed E-state index contributed by atoms with van der Waals surface area (Å²) < 4.78 is 171. The number of hydrogen-bond acceptors (Lipinski definition) is 4. The highest BCUT2D eigenvalue weighted by Gasteiger charge is 2.18. The quantitative estimate of drug-likeness (QED) is 0.203. The Morgan fingerprint density at radius 1 is 0.467 bits per heavy atom. The third kappa shape index (κ3) is 4.43. The predicted octanol–water partition coefficient (Wildman–Crippen LogP) is 10.7. The topological polar surface area (TPSA) is 51.8 Å². The Morgan fingerprint density at radius 3 is 2.09 bits per heavy atom. The molecule has 0 N–H and O–H groups in total. The summed E-state index contributed by atoms with van der Waals surface area (Å²) in [4.78, 5) is 13.7. The van der Waals surface area contributed by atoms with Gasteiger partial charge in [0.15, 0.2) is 17.5 Å². The minimum atomic E-state index is -0.857. The molecule has 210 valence electrons. The van der Waals surface area contributed by atoms with Gasteiger partial charge in [-0.15, -0.1) is 0 Å². The van der Waals surface area contributed by atoms with Crippen LogP contribution < -0.4 is 0 Å². The minimum absolute atomic E-state index is 0.00697. The van der Waals surface area contributed by atoms with E-state index in [-0.39, 0.29) is 73.8 Å². The molecule has 0 atom stereocenters. The van der Waals surface area contributed by atoms with Gasteiger partial charge in [-0.25, -0.2) is 15.0 Å². The fourth-order valence-corrected chi connectivity index (χ4v) is 4.95. The maximum Gasteiger partial charge on any atom is 0.164 e. The maximum absolute atomic E-state index is 9.26. The van der Waals surface area contributed by atoms with E-state index in [1.807, 2.05) is 0 Å². The molecule has 0 radical (unpaired) electrons. The predicted molar refractivity (Wildman–Crippen MR) is 184 cm³/mol. The standard InChI is InChI=1S/C41H25N3O/c1-3-10-30-24-32(22-18-26(30)8-1)28-16-20-29(21-17-28)39-42-40(33-23-19-27-9-2-4-11-31(27)25-33)44-41(43-39)35-13-7-15-37-38(35)34-12-5-6-14-36(34)45-37/h1-25H/i1D,2D,3D,4D,5D,8D,10D,11D,13D,14D,16D,17D,18D,19D,20D,21D,22D,23D,24D. The number of rotatable bonds is 4. The van der Waals surface area contributed by atoms with E-state index in [9.17, 15) is 5.48 Å². The second-order valence-corrected chi connectivity index (χ2v) is 9.77. The average Bonchev–Trinajstić information content (AvgIpc) is 3.63. The lowest BCUT2D eigenvalue weighted by molar-refractivity contribution is 0.669. The molecule has 0 saturated carbocycles. The summed E-state index contributed by atoms with van der Waals surface area (Å²) in [5.74, 6) is -1.34. The average molecular weight is 595 g/mol. The second-order valence-electron chi connectivity index (χ2n) is 9.77. The largest absolute Gasteiger partial charge is 0.456 e. The molecule has 0 aliphatic heterocycles. The van der Waals surface area contributed by atoms with Crippen molar-refractivity contribution in [1.82, 2.24) is 15.0 Å². The molecule has 0 bridgehead atoms. The molecule has 2 aromatic heterocycles. The van der Waals surface area contributed by atoms with Crippen molar-refractivity contribution < 1.29 is 30.5 Å². The Morgan fingerprint density at radius 2 is 1.18 bits per heavy atom. The van der Waals surface area contributed by atoms with Gasteiger partial charge in [-0.2, -0.15) is 0 Å². The lowest BCUT2D eigenvalue weighted by Gasteiger charge is -2.10. The summed E-state index contributed by atoms with van der Waals surface area (Å²) in [6.07, 6.45) is 0. The van der Waals surface area contributed by atoms with Gasteiger partial charge in [-0.3, -0.25) is 0 Å². The van der Waals surface area contributed by atoms with Gasteiger partial charge >= 0.3 is 0 Å². The Bertz CT molecular complexity index is 3600. The number of hydrogen-bond donors (Lipinski definition) is 0. The lowest BCUT2D eigenvalue weighted by Crippen LogP contribution is -2.00. The number of fused-ring (bicyclic) bond motifs is 5. The summed E-state index contributed by atoms with van der Waals surface area (Å²) in [6.45, 7) is 0. The molecule has 0 aliphatic carbocycles. The van der Waals surface area contributed by atoms with Gasteiger partial charge in [0, 0.05) is 27.5 Å². The van der Waals surface area contributed by atoms with Crippen LogP contribution in [0.5, 0.6) is 0 Å². The van der Waals surface area contributed by atoms with Crippen LogP contribution in [0.4, 0.5) is 0 Å². The van der Waals surface area contributed by atoms with Crippen LogP contribution in [0.1, 0.15) is 26.0 Å². The SMILES string of the molecule is [2H]c1cc([2H])c2oc3ccc([2H])c(-c4nc(-c5cc6c([2H])c([2H])c([2H])cc6c([2H])c5[2H])nc(-c5c([2H])c([2H])c(-c6c([2H])c([2H])c7c([2H])c([2H])c([2H])c([2H])c7c6[2H])c([2H])c5[2H])n4)c3c2c1. The van der Waals surface area contributed by atoms with Crippen LogP contribution in [0.3, 0.4) is 0 Å². The normalized spacial score (nSPS) is 17.5. The molecule has 7 aromatic carbocycles. The zero-order chi connectivity index (χ0) is 46.3. The molecule has 4 nitrogen and oxygen atoms in total. The highest BCUT2D eigenvalue weighted by Crippen LogP contribution is 2.37. The van der Waals surface area contributed by atoms with Gasteiger partial charge in [-0.05, 0) is 56.9 Å². The van der Waals surface area contributed by atoms with Crippen LogP contribution in [0.2, 0.25) is 0 Å². The Hall–Kier alpha value is -6.13. The molecular formula is C41H25N3O. The lowest BCUT2D eigenvalue weighted by atomic mass is 10.00. The Balaban J connectivity index is 1.39. The van der Waals surface area contributed by atoms with E-state index in [0.29, 0.717) is 0 Å². The molecule has 9 aromatic rings. The molecular weight excluding hydrogens is 550 g/mol. The molecule has 0 aliphatic rings. The summed E-state index contributed by atoms with van der Waals surface area (Å²) in [5, 5.41) is -0.518. The van der Waals surface area contributed by atoms with Crippen molar-refractivity contribution >= 4 is 43.5 Å². The first-order valence-electron chi connectivity index (χ1n) is 23.0. The van der Waals surface area contributed by atoms with Crippen molar-refractivity contribution in [3.63, 3.8) is 0 Å². The third-order valence-electron chi connectivity index (χ3n) is 7.04. The number of para-hydroxylation sites is 1. The summed E-state index contributed by atoms with van der Waals surface area (Å²) in [6, 6.07) is -3.28. The molecule has 0 amide bonds. The summed E-state index contributed by atoms with van der Waals surface area (Å²) in [5.41, 5.74) is -1.91. The van der Waals surface area contributed by atoms with Crippen molar-refractivity contribution in [3.05, 3.63) is 151 Å². The van der Waals surface area contributed by atoms with Crippen molar-refractivity contribution in [2.45, 2.75) is 0 Å². The van der Waals surface area contributed by atoms with E-state index < -0.39 is 130 Å². The first-order chi connectivity index (χ1) is 30.2. The molecule has 0 unspecified atom stereocenters. The number of furan rings is 1. The monoisotopic (exact) mass is 594 g/mol. The van der Waals surface area contributed by atoms with Gasteiger partial charge in [0.1, 0.15) is 11.2 Å². The fourth-order valence-electron chi connectivity index (χ4n) is 4.95. The summed E-state index contributed by atoms with van der Waals surface area (Å²) >= 11 is 0. The zero-order valence-corrected chi connectivity index (χ0v) is 22.7. The van der Waals surface area contributed by atoms with Crippen molar-refractivity contribution in [2.75, 3.05) is 0 Å². The van der Waals surface area contributed by atoms with Crippen molar-refractivity contribution in [2.24, 2.45) is 0 Å². The van der Waals surface area contributed by atoms with E-state index in [1.165, 1.54) is 36.4 Å². The van der Waals surface area contributed by atoms with E-state index in [4.69, 9.17) is 25.0 Å². The highest BCUT2D eigenvalue weighted by molar-refractivity contribution is 6.11. The van der Waals surface area contributed by atoms with Crippen LogP contribution in [0, 0.1) is 0 Å². The van der Waals surface area contributed by atoms with Crippen LogP contribution >= 0.6 is 0 Å². The first-order valence-corrected chi connectivity index (χ1v) is 13.5. The van der Waals surface area contributed by atoms with Crippen LogP contribution in [0.15, 0.2) is 156 Å². The van der Waals surface area contributed by atoms with Crippen LogP contribution in [0.25, 0.3) is 88.8 Å². The molecule has 0 saturated heterocycles. The van der Waals surface area contributed by atoms with Crippen molar-refractivity contribution in [3.8, 4) is 45.3 Å². The molecule has 45 heavy (non-hydrogen) atoms. The molecule has 0 spiro atoms. The van der Waals surface area contributed by atoms with Crippen LogP contribution in [-0.4, -0.2) is 15.0 Å². The van der Waals surface area contributed by atoms with E-state index in [0.717, 1.165) is 0 Å². The smallest absolute Gasteiger partial charge is 0.164 e. The Kier molecular flexibility index (Phi) is 2.93. The van der Waals surface area contributed by atoms with Gasteiger partial charge < -0.3 is 4.42 Å². The zero-order valence-electron chi connectivity index (χ0n) is 41.7. The summed E-state index contributed by atoms with van der Waals surface area (Å²) in [7, 11) is 0. The Labute approximate surface area is 286 Å². The highest BCUT2D eigenvalue weighted by atomic mass is 16.3. The van der Waals surface area contributed by atoms with Gasteiger partial charge in [0.05, 0.1) is 26.0 Å². The third-order valence-corrected chi connectivity index (χ3v) is 7.04. The molecule has 4 heteroatoms. The van der Waals surface area contributed by atoms with Gasteiger partial charge in [0.25, 0.3) is 0 Å². The van der Waals surface area contributed by atoms with Gasteiger partial charge in [-0.1, -0.05) is 127 Å². The fraction of sp³-hybridized carbons (Fsp3) is 0. The first kappa shape index (κ1) is 12.8. The van der Waals surface area contributed by atoms with Crippen molar-refractivity contribution in [1.29, 1.82) is 0 Å². The second kappa shape index (κ2) is 10.2. The minimum Gasteiger partial charge on any atom is -0.456 e. The molecule has 9 rings (SSSR count). The van der Waals surface area contributed by atoms with E-state index >= 15 is 0 Å². The molecule has 0 fully saturated rings. The van der Waals surface area contributed by atoms with E-state index in [1.54, 1.807) is 0 Å². The van der Waals surface area contributed by atoms with Gasteiger partial charge in [0.2, 0.25) is 0 Å². The maximum atomic E-state index is 9.26. The number of aromatic nitrogens is 3. The number of benzene rings is 7.